The molecule has 0 radical (unpaired) electrons. The van der Waals surface area contributed by atoms with E-state index in [-0.39, 0.29) is 18.6 Å². The van der Waals surface area contributed by atoms with Gasteiger partial charge < -0.3 is 15.0 Å². The van der Waals surface area contributed by atoms with Gasteiger partial charge in [0, 0.05) is 31.4 Å². The van der Waals surface area contributed by atoms with Crippen molar-refractivity contribution in [3.8, 4) is 0 Å². The Morgan fingerprint density at radius 1 is 1.64 bits per heavy atom. The lowest BCUT2D eigenvalue weighted by molar-refractivity contribution is -0.119. The van der Waals surface area contributed by atoms with Crippen LogP contribution in [0.3, 0.4) is 0 Å². The van der Waals surface area contributed by atoms with Crippen molar-refractivity contribution >= 4 is 5.91 Å². The summed E-state index contributed by atoms with van der Waals surface area (Å²) in [4.78, 5) is 10.9. The van der Waals surface area contributed by atoms with E-state index in [1.165, 1.54) is 0 Å². The molecule has 1 aliphatic heterocycles. The molecule has 2 heterocycles. The van der Waals surface area contributed by atoms with E-state index >= 15 is 0 Å². The zero-order valence-corrected chi connectivity index (χ0v) is 7.94. The Morgan fingerprint density at radius 2 is 2.50 bits per heavy atom. The van der Waals surface area contributed by atoms with E-state index in [4.69, 9.17) is 5.11 Å². The first kappa shape index (κ1) is 9.27. The van der Waals surface area contributed by atoms with E-state index in [0.29, 0.717) is 6.42 Å². The quantitative estimate of drug-likeness (QED) is 0.725. The largest absolute Gasteiger partial charge is 0.392 e. The maximum Gasteiger partial charge on any atom is 0.220 e. The molecule has 2 rings (SSSR count). The number of hydrogen-bond acceptors (Lipinski definition) is 2. The topological polar surface area (TPSA) is 54.3 Å². The van der Waals surface area contributed by atoms with E-state index in [0.717, 1.165) is 18.5 Å². The molecule has 1 fully saturated rings. The second kappa shape index (κ2) is 3.84. The second-order valence-electron chi connectivity index (χ2n) is 3.68. The minimum absolute atomic E-state index is 0.0734. The number of amides is 1. The van der Waals surface area contributed by atoms with Crippen molar-refractivity contribution in [1.82, 2.24) is 9.88 Å². The smallest absolute Gasteiger partial charge is 0.220 e. The second-order valence-corrected chi connectivity index (χ2v) is 3.68. The van der Waals surface area contributed by atoms with Gasteiger partial charge in [0.05, 0.1) is 6.61 Å². The highest BCUT2D eigenvalue weighted by atomic mass is 16.3. The normalized spacial score (nSPS) is 21.2. The van der Waals surface area contributed by atoms with Crippen LogP contribution < -0.4 is 5.32 Å². The van der Waals surface area contributed by atoms with E-state index in [9.17, 15) is 4.79 Å². The van der Waals surface area contributed by atoms with E-state index in [1.807, 2.05) is 23.0 Å². The average Bonchev–Trinajstić information content (AvgIpc) is 2.76. The number of carbonyl (C=O) groups excluding carboxylic acids is 1. The Balaban J connectivity index is 1.93. The SMILES string of the molecule is O=C1CCC(Cn2ccc(CO)c2)N1. The number of nitrogens with one attached hydrogen (secondary N) is 1. The average molecular weight is 194 g/mol. The van der Waals surface area contributed by atoms with Crippen molar-refractivity contribution in [2.24, 2.45) is 0 Å². The van der Waals surface area contributed by atoms with E-state index < -0.39 is 0 Å². The standard InChI is InChI=1S/C10H14N2O2/c13-7-8-3-4-12(5-8)6-9-1-2-10(14)11-9/h3-5,9,13H,1-2,6-7H2,(H,11,14). The van der Waals surface area contributed by atoms with E-state index in [1.54, 1.807) is 0 Å². The molecule has 76 valence electrons. The predicted octanol–water partition coefficient (Wildman–Crippen LogP) is 0.259. The molecule has 1 aromatic heterocycles. The first-order chi connectivity index (χ1) is 6.78. The fourth-order valence-electron chi connectivity index (χ4n) is 1.77. The molecule has 1 atom stereocenters. The number of nitrogens with zero attached hydrogens (tertiary/aromatic N) is 1. The van der Waals surface area contributed by atoms with Gasteiger partial charge in [-0.3, -0.25) is 4.79 Å². The van der Waals surface area contributed by atoms with Crippen LogP contribution in [0, 0.1) is 0 Å². The number of aromatic nitrogens is 1. The van der Waals surface area contributed by atoms with Crippen LogP contribution in [-0.4, -0.2) is 21.6 Å². The van der Waals surface area contributed by atoms with Crippen molar-refractivity contribution in [2.75, 3.05) is 0 Å². The molecule has 0 bridgehead atoms. The van der Waals surface area contributed by atoms with Crippen molar-refractivity contribution in [3.05, 3.63) is 24.0 Å². The number of hydrogen-bond donors (Lipinski definition) is 2. The molecule has 1 aliphatic rings. The number of aliphatic hydroxyl groups is 1. The molecule has 4 heteroatoms. The van der Waals surface area contributed by atoms with Crippen LogP contribution in [-0.2, 0) is 17.9 Å². The highest BCUT2D eigenvalue weighted by Crippen LogP contribution is 2.10. The molecule has 0 aromatic carbocycles. The molecule has 2 N–H and O–H groups in total. The molecule has 0 spiro atoms. The predicted molar refractivity (Wildman–Crippen MR) is 51.5 cm³/mol. The molecule has 1 saturated heterocycles. The summed E-state index contributed by atoms with van der Waals surface area (Å²) in [6.07, 6.45) is 5.38. The molecule has 1 amide bonds. The van der Waals surface area contributed by atoms with Crippen LogP contribution in [0.4, 0.5) is 0 Å². The summed E-state index contributed by atoms with van der Waals surface area (Å²) in [6, 6.07) is 2.14. The lowest BCUT2D eigenvalue weighted by Crippen LogP contribution is -2.29. The fourth-order valence-corrected chi connectivity index (χ4v) is 1.77. The maximum atomic E-state index is 10.9. The zero-order valence-electron chi connectivity index (χ0n) is 7.94. The lowest BCUT2D eigenvalue weighted by Gasteiger charge is -2.10. The molecular weight excluding hydrogens is 180 g/mol. The van der Waals surface area contributed by atoms with Crippen LogP contribution in [0.25, 0.3) is 0 Å². The Morgan fingerprint density at radius 3 is 3.07 bits per heavy atom. The van der Waals surface area contributed by atoms with Gasteiger partial charge in [-0.05, 0) is 18.1 Å². The van der Waals surface area contributed by atoms with Gasteiger partial charge in [-0.1, -0.05) is 0 Å². The van der Waals surface area contributed by atoms with Crippen LogP contribution in [0.5, 0.6) is 0 Å². The Labute approximate surface area is 82.5 Å². The van der Waals surface area contributed by atoms with Crippen LogP contribution in [0.15, 0.2) is 18.5 Å². The molecule has 4 nitrogen and oxygen atoms in total. The van der Waals surface area contributed by atoms with Gasteiger partial charge in [-0.25, -0.2) is 0 Å². The fraction of sp³-hybridized carbons (Fsp3) is 0.500. The highest BCUT2D eigenvalue weighted by molar-refractivity contribution is 5.78. The van der Waals surface area contributed by atoms with Crippen molar-refractivity contribution in [1.29, 1.82) is 0 Å². The minimum atomic E-state index is 0.0734. The molecule has 0 aliphatic carbocycles. The Bertz CT molecular complexity index is 333. The molecular formula is C10H14N2O2. The summed E-state index contributed by atoms with van der Waals surface area (Å²) >= 11 is 0. The van der Waals surface area contributed by atoms with Gasteiger partial charge in [0.15, 0.2) is 0 Å². The number of rotatable bonds is 3. The van der Waals surface area contributed by atoms with E-state index in [2.05, 4.69) is 5.32 Å². The zero-order chi connectivity index (χ0) is 9.97. The minimum Gasteiger partial charge on any atom is -0.392 e. The third-order valence-electron chi connectivity index (χ3n) is 2.51. The first-order valence-electron chi connectivity index (χ1n) is 4.83. The summed E-state index contributed by atoms with van der Waals surface area (Å²) in [6.45, 7) is 0.871. The van der Waals surface area contributed by atoms with Gasteiger partial charge in [0.25, 0.3) is 0 Å². The van der Waals surface area contributed by atoms with Crippen LogP contribution in [0.2, 0.25) is 0 Å². The van der Waals surface area contributed by atoms with Crippen LogP contribution in [0.1, 0.15) is 18.4 Å². The Hall–Kier alpha value is -1.29. The monoisotopic (exact) mass is 194 g/mol. The number of carbonyl (C=O) groups is 1. The van der Waals surface area contributed by atoms with Gasteiger partial charge >= 0.3 is 0 Å². The summed E-state index contributed by atoms with van der Waals surface area (Å²) < 4.78 is 2.00. The van der Waals surface area contributed by atoms with Crippen molar-refractivity contribution in [2.45, 2.75) is 32.0 Å². The molecule has 14 heavy (non-hydrogen) atoms. The molecule has 0 saturated carbocycles. The molecule has 1 aromatic rings. The van der Waals surface area contributed by atoms with Gasteiger partial charge in [0.2, 0.25) is 5.91 Å². The number of aliphatic hydroxyl groups excluding tert-OH is 1. The maximum absolute atomic E-state index is 10.9. The summed E-state index contributed by atoms with van der Waals surface area (Å²) in [5, 5.41) is 11.8. The Kier molecular flexibility index (Phi) is 2.54. The third-order valence-corrected chi connectivity index (χ3v) is 2.51. The first-order valence-corrected chi connectivity index (χ1v) is 4.83. The third kappa shape index (κ3) is 1.96. The van der Waals surface area contributed by atoms with Crippen molar-refractivity contribution < 1.29 is 9.90 Å². The molecule has 1 unspecified atom stereocenters. The summed E-state index contributed by atoms with van der Waals surface area (Å²) in [5.41, 5.74) is 0.911. The summed E-state index contributed by atoms with van der Waals surface area (Å²) in [5.74, 6) is 0.143. The van der Waals surface area contributed by atoms with Gasteiger partial charge in [-0.2, -0.15) is 0 Å². The lowest BCUT2D eigenvalue weighted by atomic mass is 10.2. The van der Waals surface area contributed by atoms with Gasteiger partial charge in [-0.15, -0.1) is 0 Å². The highest BCUT2D eigenvalue weighted by Gasteiger charge is 2.20. The van der Waals surface area contributed by atoms with Crippen molar-refractivity contribution in [3.63, 3.8) is 0 Å². The van der Waals surface area contributed by atoms with Gasteiger partial charge in [0.1, 0.15) is 0 Å². The van der Waals surface area contributed by atoms with Crippen LogP contribution >= 0.6 is 0 Å². The summed E-state index contributed by atoms with van der Waals surface area (Å²) in [7, 11) is 0.